The Morgan fingerprint density at radius 2 is 2.38 bits per heavy atom. The highest BCUT2D eigenvalue weighted by Gasteiger charge is 2.13. The van der Waals surface area contributed by atoms with E-state index in [4.69, 9.17) is 5.73 Å². The van der Waals surface area contributed by atoms with Crippen LogP contribution in [0.4, 0.5) is 5.69 Å². The predicted molar refractivity (Wildman–Crippen MR) is 59.6 cm³/mol. The van der Waals surface area contributed by atoms with Crippen molar-refractivity contribution in [2.24, 2.45) is 0 Å². The van der Waals surface area contributed by atoms with Gasteiger partial charge in [-0.05, 0) is 6.07 Å². The third-order valence-electron chi connectivity index (χ3n) is 2.26. The van der Waals surface area contributed by atoms with Crippen LogP contribution in [0.1, 0.15) is 16.1 Å². The Balaban J connectivity index is 2.05. The molecule has 0 bridgehead atoms. The minimum absolute atomic E-state index is 0.0992. The van der Waals surface area contributed by atoms with Gasteiger partial charge in [0.15, 0.2) is 0 Å². The Hall–Kier alpha value is -2.24. The summed E-state index contributed by atoms with van der Waals surface area (Å²) in [7, 11) is 1.73. The van der Waals surface area contributed by atoms with Gasteiger partial charge >= 0.3 is 0 Å². The third kappa shape index (κ3) is 2.05. The maximum atomic E-state index is 11.9. The average Bonchev–Trinajstić information content (AvgIpc) is 2.88. The number of nitrogens with two attached hydrogens (primary N) is 1. The highest BCUT2D eigenvalue weighted by Crippen LogP contribution is 2.09. The second-order valence-corrected chi connectivity index (χ2v) is 3.61. The van der Waals surface area contributed by atoms with Crippen molar-refractivity contribution in [3.05, 3.63) is 35.9 Å². The Labute approximate surface area is 92.5 Å². The molecule has 0 aliphatic heterocycles. The fraction of sp³-hybridized carbons (Fsp3) is 0.200. The summed E-state index contributed by atoms with van der Waals surface area (Å²) < 4.78 is 0. The number of nitrogens with one attached hydrogen (secondary N) is 2. The summed E-state index contributed by atoms with van der Waals surface area (Å²) in [6.45, 7) is 0.508. The SMILES string of the molecule is CN(Cc1cn[nH]c1)C(=O)c1cc(N)c[nH]1. The third-order valence-corrected chi connectivity index (χ3v) is 2.26. The number of aromatic amines is 2. The van der Waals surface area contributed by atoms with Crippen LogP contribution in [0.15, 0.2) is 24.7 Å². The zero-order valence-corrected chi connectivity index (χ0v) is 8.90. The zero-order valence-electron chi connectivity index (χ0n) is 8.90. The lowest BCUT2D eigenvalue weighted by molar-refractivity contribution is 0.0780. The minimum atomic E-state index is -0.0992. The van der Waals surface area contributed by atoms with Crippen LogP contribution in [0.25, 0.3) is 0 Å². The van der Waals surface area contributed by atoms with Crippen LogP contribution in [0.3, 0.4) is 0 Å². The van der Waals surface area contributed by atoms with E-state index in [1.54, 1.807) is 36.6 Å². The van der Waals surface area contributed by atoms with E-state index < -0.39 is 0 Å². The van der Waals surface area contributed by atoms with Crippen molar-refractivity contribution >= 4 is 11.6 Å². The van der Waals surface area contributed by atoms with Gasteiger partial charge in [0.1, 0.15) is 5.69 Å². The molecule has 4 N–H and O–H groups in total. The molecule has 0 fully saturated rings. The van der Waals surface area contributed by atoms with Crippen molar-refractivity contribution < 1.29 is 4.79 Å². The normalized spacial score (nSPS) is 10.3. The summed E-state index contributed by atoms with van der Waals surface area (Å²) >= 11 is 0. The monoisotopic (exact) mass is 219 g/mol. The quantitative estimate of drug-likeness (QED) is 0.705. The van der Waals surface area contributed by atoms with Gasteiger partial charge in [0.25, 0.3) is 5.91 Å². The standard InChI is InChI=1S/C10H13N5O/c1-15(6-7-3-13-14-4-7)10(16)9-2-8(11)5-12-9/h2-5,12H,6,11H2,1H3,(H,13,14). The molecule has 0 atom stereocenters. The number of hydrogen-bond donors (Lipinski definition) is 3. The van der Waals surface area contributed by atoms with Crippen LogP contribution in [-0.4, -0.2) is 33.0 Å². The molecule has 0 saturated carbocycles. The largest absolute Gasteiger partial charge is 0.397 e. The Morgan fingerprint density at radius 3 is 2.94 bits per heavy atom. The van der Waals surface area contributed by atoms with Crippen LogP contribution in [0.2, 0.25) is 0 Å². The summed E-state index contributed by atoms with van der Waals surface area (Å²) in [4.78, 5) is 16.3. The van der Waals surface area contributed by atoms with Crippen molar-refractivity contribution in [2.75, 3.05) is 12.8 Å². The predicted octanol–water partition coefficient (Wildman–Crippen LogP) is 0.592. The molecule has 0 unspecified atom stereocenters. The molecule has 6 nitrogen and oxygen atoms in total. The highest BCUT2D eigenvalue weighted by molar-refractivity contribution is 5.93. The molecule has 0 aromatic carbocycles. The van der Waals surface area contributed by atoms with Crippen LogP contribution < -0.4 is 5.73 Å². The second kappa shape index (κ2) is 4.09. The Bertz CT molecular complexity index is 473. The first-order valence-electron chi connectivity index (χ1n) is 4.84. The molecular weight excluding hydrogens is 206 g/mol. The molecule has 0 radical (unpaired) electrons. The fourth-order valence-corrected chi connectivity index (χ4v) is 1.45. The number of amides is 1. The number of hydrogen-bond acceptors (Lipinski definition) is 3. The summed E-state index contributed by atoms with van der Waals surface area (Å²) in [6, 6.07) is 1.62. The van der Waals surface area contributed by atoms with Gasteiger partial charge in [-0.25, -0.2) is 0 Å². The first kappa shape index (κ1) is 10.3. The lowest BCUT2D eigenvalue weighted by Gasteiger charge is -2.14. The van der Waals surface area contributed by atoms with E-state index in [1.165, 1.54) is 0 Å². The molecule has 16 heavy (non-hydrogen) atoms. The van der Waals surface area contributed by atoms with E-state index in [0.717, 1.165) is 5.56 Å². The highest BCUT2D eigenvalue weighted by atomic mass is 16.2. The molecule has 1 amide bonds. The number of H-pyrrole nitrogens is 2. The molecular formula is C10H13N5O. The van der Waals surface area contributed by atoms with Crippen molar-refractivity contribution in [1.29, 1.82) is 0 Å². The summed E-state index contributed by atoms with van der Waals surface area (Å²) in [5, 5.41) is 6.52. The van der Waals surface area contributed by atoms with E-state index in [1.807, 2.05) is 0 Å². The first-order valence-corrected chi connectivity index (χ1v) is 4.84. The molecule has 2 aromatic rings. The fourth-order valence-electron chi connectivity index (χ4n) is 1.45. The van der Waals surface area contributed by atoms with Crippen LogP contribution >= 0.6 is 0 Å². The molecule has 0 aliphatic rings. The molecule has 2 heterocycles. The van der Waals surface area contributed by atoms with Gasteiger partial charge in [0.2, 0.25) is 0 Å². The van der Waals surface area contributed by atoms with Gasteiger partial charge in [-0.3, -0.25) is 9.89 Å². The smallest absolute Gasteiger partial charge is 0.270 e. The van der Waals surface area contributed by atoms with Crippen molar-refractivity contribution in [3.8, 4) is 0 Å². The van der Waals surface area contributed by atoms with Gasteiger partial charge in [-0.15, -0.1) is 0 Å². The van der Waals surface area contributed by atoms with Crippen molar-refractivity contribution in [2.45, 2.75) is 6.54 Å². The second-order valence-electron chi connectivity index (χ2n) is 3.61. The molecule has 0 aliphatic carbocycles. The number of nitrogens with zero attached hydrogens (tertiary/aromatic N) is 2. The van der Waals surface area contributed by atoms with Gasteiger partial charge in [-0.2, -0.15) is 5.10 Å². The van der Waals surface area contributed by atoms with Gasteiger partial charge in [0, 0.05) is 37.2 Å². The van der Waals surface area contributed by atoms with E-state index in [-0.39, 0.29) is 5.91 Å². The van der Waals surface area contributed by atoms with Gasteiger partial charge in [0.05, 0.1) is 6.20 Å². The number of carbonyl (C=O) groups is 1. The minimum Gasteiger partial charge on any atom is -0.397 e. The number of nitrogen functional groups attached to an aromatic ring is 1. The number of aromatic nitrogens is 3. The van der Waals surface area contributed by atoms with E-state index in [2.05, 4.69) is 15.2 Å². The number of carbonyl (C=O) groups excluding carboxylic acids is 1. The summed E-state index contributed by atoms with van der Waals surface area (Å²) in [6.07, 6.45) is 5.04. The average molecular weight is 219 g/mol. The van der Waals surface area contributed by atoms with E-state index >= 15 is 0 Å². The lowest BCUT2D eigenvalue weighted by Crippen LogP contribution is -2.26. The molecule has 6 heteroatoms. The van der Waals surface area contributed by atoms with Crippen LogP contribution in [-0.2, 0) is 6.54 Å². The number of rotatable bonds is 3. The number of anilines is 1. The maximum Gasteiger partial charge on any atom is 0.270 e. The maximum absolute atomic E-state index is 11.9. The van der Waals surface area contributed by atoms with Gasteiger partial charge in [-0.1, -0.05) is 0 Å². The Morgan fingerprint density at radius 1 is 1.56 bits per heavy atom. The van der Waals surface area contributed by atoms with E-state index in [9.17, 15) is 4.79 Å². The summed E-state index contributed by atoms with van der Waals surface area (Å²) in [5.41, 5.74) is 7.53. The first-order chi connectivity index (χ1) is 7.66. The molecule has 0 saturated heterocycles. The molecule has 2 rings (SSSR count). The topological polar surface area (TPSA) is 90.8 Å². The molecule has 84 valence electrons. The Kier molecular flexibility index (Phi) is 2.63. The van der Waals surface area contributed by atoms with Gasteiger partial charge < -0.3 is 15.6 Å². The van der Waals surface area contributed by atoms with Crippen LogP contribution in [0, 0.1) is 0 Å². The van der Waals surface area contributed by atoms with Crippen molar-refractivity contribution in [3.63, 3.8) is 0 Å². The lowest BCUT2D eigenvalue weighted by atomic mass is 10.3. The molecule has 0 spiro atoms. The van der Waals surface area contributed by atoms with Crippen molar-refractivity contribution in [1.82, 2.24) is 20.1 Å². The summed E-state index contributed by atoms with van der Waals surface area (Å²) in [5.74, 6) is -0.0992. The zero-order chi connectivity index (χ0) is 11.5. The van der Waals surface area contributed by atoms with E-state index in [0.29, 0.717) is 17.9 Å². The van der Waals surface area contributed by atoms with Crippen LogP contribution in [0.5, 0.6) is 0 Å². The molecule has 2 aromatic heterocycles.